The molecule has 0 aliphatic heterocycles. The van der Waals surface area contributed by atoms with Gasteiger partial charge < -0.3 is 0 Å². The molecule has 0 atom stereocenters. The Bertz CT molecular complexity index is 246. The Hall–Kier alpha value is -0.510. The van der Waals surface area contributed by atoms with Crippen LogP contribution in [0.25, 0.3) is 0 Å². The molecule has 0 amide bonds. The van der Waals surface area contributed by atoms with Crippen LogP contribution in [0, 0.1) is 0 Å². The van der Waals surface area contributed by atoms with Crippen LogP contribution in [-0.2, 0) is 4.79 Å². The summed E-state index contributed by atoms with van der Waals surface area (Å²) in [7, 11) is 0. The molecule has 0 saturated heterocycles. The maximum absolute atomic E-state index is 12.1. The average molecular weight is 257 g/mol. The third-order valence-electron chi connectivity index (χ3n) is 2.13. The summed E-state index contributed by atoms with van der Waals surface area (Å²) in [5.74, 6) is 0.127. The van der Waals surface area contributed by atoms with E-state index in [9.17, 15) is 18.0 Å². The highest BCUT2D eigenvalue weighted by molar-refractivity contribution is 6.17. The van der Waals surface area contributed by atoms with E-state index in [1.807, 2.05) is 0 Å². The first kappa shape index (κ1) is 15.5. The topological polar surface area (TPSA) is 17.1 Å². The summed E-state index contributed by atoms with van der Waals surface area (Å²) in [5, 5.41) is 0. The van der Waals surface area contributed by atoms with Crippen molar-refractivity contribution < 1.29 is 18.0 Å². The van der Waals surface area contributed by atoms with E-state index in [0.29, 0.717) is 18.4 Å². The molecule has 0 unspecified atom stereocenters. The molecule has 0 aliphatic carbocycles. The fourth-order valence-corrected chi connectivity index (χ4v) is 1.33. The van der Waals surface area contributed by atoms with Crippen molar-refractivity contribution in [3.05, 3.63) is 11.6 Å². The smallest absolute Gasteiger partial charge is 0.295 e. The molecule has 0 aromatic carbocycles. The molecule has 1 nitrogen and oxygen atoms in total. The maximum Gasteiger partial charge on any atom is 0.412 e. The van der Waals surface area contributed by atoms with Crippen LogP contribution in [0.3, 0.4) is 0 Å². The molecule has 0 aromatic heterocycles. The maximum atomic E-state index is 12.1. The predicted molar refractivity (Wildman–Crippen MR) is 58.6 cm³/mol. The first-order valence-corrected chi connectivity index (χ1v) is 5.75. The molecule has 0 heterocycles. The molecule has 0 fully saturated rings. The molecular weight excluding hydrogens is 241 g/mol. The minimum Gasteiger partial charge on any atom is -0.295 e. The van der Waals surface area contributed by atoms with Crippen LogP contribution in [0.1, 0.15) is 39.0 Å². The van der Waals surface area contributed by atoms with E-state index < -0.39 is 17.5 Å². The Kier molecular flexibility index (Phi) is 7.47. The van der Waals surface area contributed by atoms with Gasteiger partial charge in [0.2, 0.25) is 0 Å². The van der Waals surface area contributed by atoms with Crippen molar-refractivity contribution in [2.75, 3.05) is 5.88 Å². The average Bonchev–Trinajstić information content (AvgIpc) is 2.16. The van der Waals surface area contributed by atoms with Crippen molar-refractivity contribution in [3.63, 3.8) is 0 Å². The lowest BCUT2D eigenvalue weighted by molar-refractivity contribution is -0.116. The second kappa shape index (κ2) is 7.71. The van der Waals surface area contributed by atoms with E-state index in [1.165, 1.54) is 0 Å². The van der Waals surface area contributed by atoms with Gasteiger partial charge in [0.1, 0.15) is 0 Å². The largest absolute Gasteiger partial charge is 0.412 e. The number of hydrogen-bond acceptors (Lipinski definition) is 1. The summed E-state index contributed by atoms with van der Waals surface area (Å²) >= 11 is 5.46. The quantitative estimate of drug-likeness (QED) is 0.378. The Labute approximate surface area is 98.7 Å². The van der Waals surface area contributed by atoms with Crippen LogP contribution >= 0.6 is 11.6 Å². The molecule has 16 heavy (non-hydrogen) atoms. The minimum atomic E-state index is -4.39. The normalized spacial score (nSPS) is 12.9. The lowest BCUT2D eigenvalue weighted by atomic mass is 10.1. The second-order valence-electron chi connectivity index (χ2n) is 3.64. The summed E-state index contributed by atoms with van der Waals surface area (Å²) in [6.45, 7) is 0.908. The monoisotopic (exact) mass is 256 g/mol. The predicted octanol–water partition coefficient (Wildman–Crippen LogP) is 4.25. The molecule has 0 radical (unpaired) electrons. The van der Waals surface area contributed by atoms with Crippen molar-refractivity contribution in [1.29, 1.82) is 0 Å². The fourth-order valence-electron chi connectivity index (χ4n) is 1.14. The third kappa shape index (κ3) is 7.74. The Morgan fingerprint density at radius 1 is 1.19 bits per heavy atom. The van der Waals surface area contributed by atoms with Gasteiger partial charge in [0.25, 0.3) is 0 Å². The molecule has 0 rings (SSSR count). The highest BCUT2D eigenvalue weighted by Crippen LogP contribution is 2.24. The molecular formula is C11H16ClF3O. The number of ketones is 1. The van der Waals surface area contributed by atoms with E-state index in [-0.39, 0.29) is 6.42 Å². The van der Waals surface area contributed by atoms with Crippen molar-refractivity contribution in [2.24, 2.45) is 0 Å². The van der Waals surface area contributed by atoms with Crippen LogP contribution in [0.4, 0.5) is 13.2 Å². The van der Waals surface area contributed by atoms with Crippen molar-refractivity contribution in [1.82, 2.24) is 0 Å². The highest BCUT2D eigenvalue weighted by Gasteiger charge is 2.30. The van der Waals surface area contributed by atoms with Crippen molar-refractivity contribution in [3.8, 4) is 0 Å². The van der Waals surface area contributed by atoms with E-state index in [2.05, 4.69) is 0 Å². The third-order valence-corrected chi connectivity index (χ3v) is 2.40. The van der Waals surface area contributed by atoms with Crippen molar-refractivity contribution >= 4 is 17.4 Å². The molecule has 0 spiro atoms. The van der Waals surface area contributed by atoms with E-state index in [1.54, 1.807) is 0 Å². The number of carbonyl (C=O) groups is 1. The number of carbonyl (C=O) groups excluding carboxylic acids is 1. The van der Waals surface area contributed by atoms with Gasteiger partial charge in [-0.2, -0.15) is 13.2 Å². The summed E-state index contributed by atoms with van der Waals surface area (Å²) < 4.78 is 36.2. The lowest BCUT2D eigenvalue weighted by Crippen LogP contribution is -2.10. The number of halogens is 4. The fraction of sp³-hybridized carbons (Fsp3) is 0.727. The molecule has 0 aromatic rings. The van der Waals surface area contributed by atoms with Gasteiger partial charge in [0.05, 0.1) is 0 Å². The summed E-state index contributed by atoms with van der Waals surface area (Å²) in [4.78, 5) is 11.1. The number of unbranched alkanes of at least 4 members (excludes halogenated alkanes) is 3. The van der Waals surface area contributed by atoms with Gasteiger partial charge in [-0.1, -0.05) is 12.8 Å². The Balaban J connectivity index is 3.82. The number of allylic oxidation sites excluding steroid dienone is 2. The Morgan fingerprint density at radius 3 is 2.25 bits per heavy atom. The molecule has 0 saturated carbocycles. The van der Waals surface area contributed by atoms with Gasteiger partial charge >= 0.3 is 6.18 Å². The molecule has 0 aliphatic rings. The molecule has 94 valence electrons. The first-order valence-electron chi connectivity index (χ1n) is 5.22. The lowest BCUT2D eigenvalue weighted by Gasteiger charge is -2.05. The zero-order chi connectivity index (χ0) is 12.6. The van der Waals surface area contributed by atoms with Gasteiger partial charge in [-0.25, -0.2) is 0 Å². The van der Waals surface area contributed by atoms with Gasteiger partial charge in [0, 0.05) is 17.9 Å². The Morgan fingerprint density at radius 2 is 1.75 bits per heavy atom. The van der Waals surface area contributed by atoms with E-state index >= 15 is 0 Å². The minimum absolute atomic E-state index is 0.176. The van der Waals surface area contributed by atoms with Crippen LogP contribution in [-0.4, -0.2) is 17.8 Å². The summed E-state index contributed by atoms with van der Waals surface area (Å²) in [5.41, 5.74) is -0.835. The number of hydrogen-bond donors (Lipinski definition) is 0. The molecule has 0 N–H and O–H groups in total. The van der Waals surface area contributed by atoms with Gasteiger partial charge in [-0.05, 0) is 25.8 Å². The molecule has 5 heteroatoms. The zero-order valence-electron chi connectivity index (χ0n) is 9.24. The first-order chi connectivity index (χ1) is 7.38. The number of rotatable bonds is 7. The van der Waals surface area contributed by atoms with Crippen LogP contribution in [0.15, 0.2) is 11.6 Å². The van der Waals surface area contributed by atoms with Gasteiger partial charge in [0.15, 0.2) is 5.78 Å². The van der Waals surface area contributed by atoms with Crippen LogP contribution < -0.4 is 0 Å². The van der Waals surface area contributed by atoms with Crippen LogP contribution in [0.2, 0.25) is 0 Å². The van der Waals surface area contributed by atoms with E-state index in [4.69, 9.17) is 11.6 Å². The second-order valence-corrected chi connectivity index (χ2v) is 4.02. The standard InChI is InChI=1S/C11H16ClF3O/c1-9(11(13,14)15)8-10(16)6-4-2-3-5-7-12/h8H,2-7H2,1H3/b9-8+. The molecule has 0 bridgehead atoms. The number of alkyl halides is 4. The summed E-state index contributed by atoms with van der Waals surface area (Å²) in [6, 6.07) is 0. The summed E-state index contributed by atoms with van der Waals surface area (Å²) in [6.07, 6.45) is -0.286. The van der Waals surface area contributed by atoms with Crippen LogP contribution in [0.5, 0.6) is 0 Å². The van der Waals surface area contributed by atoms with Gasteiger partial charge in [-0.3, -0.25) is 4.79 Å². The highest BCUT2D eigenvalue weighted by atomic mass is 35.5. The zero-order valence-corrected chi connectivity index (χ0v) is 10.00. The SMILES string of the molecule is C/C(=C\C(=O)CCCCCCCl)C(F)(F)F. The van der Waals surface area contributed by atoms with Gasteiger partial charge in [-0.15, -0.1) is 11.6 Å². The van der Waals surface area contributed by atoms with E-state index in [0.717, 1.165) is 26.2 Å². The van der Waals surface area contributed by atoms with Crippen molar-refractivity contribution in [2.45, 2.75) is 45.2 Å².